The Bertz CT molecular complexity index is 661. The molecule has 1 aromatic heterocycles. The standard InChI is InChI=1S/C13H14N4O2/c1-16(2)13(18)17-6-8-7-19-11-4-3-9(14)5-10(11)12(8)15-17/h3-6H,7,14H2,1-2H3. The van der Waals surface area contributed by atoms with Crippen molar-refractivity contribution in [1.82, 2.24) is 14.7 Å². The van der Waals surface area contributed by atoms with Gasteiger partial charge in [-0.3, -0.25) is 0 Å². The number of nitrogens with zero attached hydrogens (tertiary/aromatic N) is 3. The van der Waals surface area contributed by atoms with Crippen LogP contribution >= 0.6 is 0 Å². The maximum Gasteiger partial charge on any atom is 0.344 e. The van der Waals surface area contributed by atoms with E-state index in [1.54, 1.807) is 26.4 Å². The topological polar surface area (TPSA) is 73.4 Å². The summed E-state index contributed by atoms with van der Waals surface area (Å²) in [5.74, 6) is 0.740. The first-order valence-electron chi connectivity index (χ1n) is 5.89. The summed E-state index contributed by atoms with van der Waals surface area (Å²) in [5.41, 5.74) is 8.89. The predicted molar refractivity (Wildman–Crippen MR) is 70.9 cm³/mol. The number of nitrogen functional groups attached to an aromatic ring is 1. The third kappa shape index (κ3) is 1.81. The minimum absolute atomic E-state index is 0.195. The lowest BCUT2D eigenvalue weighted by molar-refractivity contribution is 0.216. The quantitative estimate of drug-likeness (QED) is 0.728. The van der Waals surface area contributed by atoms with Crippen LogP contribution in [0.4, 0.5) is 10.5 Å². The van der Waals surface area contributed by atoms with Crippen LogP contribution in [-0.4, -0.2) is 34.8 Å². The maximum atomic E-state index is 11.9. The molecule has 0 atom stereocenters. The fourth-order valence-electron chi connectivity index (χ4n) is 2.06. The molecule has 1 aliphatic heterocycles. The lowest BCUT2D eigenvalue weighted by Crippen LogP contribution is -2.27. The normalized spacial score (nSPS) is 12.3. The van der Waals surface area contributed by atoms with E-state index < -0.39 is 0 Å². The van der Waals surface area contributed by atoms with Gasteiger partial charge in [0.2, 0.25) is 0 Å². The third-order valence-corrected chi connectivity index (χ3v) is 3.01. The van der Waals surface area contributed by atoms with E-state index in [-0.39, 0.29) is 6.03 Å². The monoisotopic (exact) mass is 258 g/mol. The van der Waals surface area contributed by atoms with Crippen LogP contribution in [0.1, 0.15) is 5.56 Å². The summed E-state index contributed by atoms with van der Waals surface area (Å²) in [5, 5.41) is 4.34. The molecule has 0 bridgehead atoms. The van der Waals surface area contributed by atoms with Gasteiger partial charge in [0.15, 0.2) is 0 Å². The molecule has 0 saturated carbocycles. The number of ether oxygens (including phenoxy) is 1. The lowest BCUT2D eigenvalue weighted by atomic mass is 10.0. The predicted octanol–water partition coefficient (Wildman–Crippen LogP) is 1.55. The van der Waals surface area contributed by atoms with Crippen molar-refractivity contribution in [3.05, 3.63) is 30.0 Å². The van der Waals surface area contributed by atoms with Gasteiger partial charge >= 0.3 is 6.03 Å². The fourth-order valence-corrected chi connectivity index (χ4v) is 2.06. The van der Waals surface area contributed by atoms with E-state index in [0.29, 0.717) is 12.3 Å². The first-order chi connectivity index (χ1) is 9.06. The van der Waals surface area contributed by atoms with Crippen LogP contribution in [-0.2, 0) is 6.61 Å². The molecule has 1 aliphatic rings. The van der Waals surface area contributed by atoms with Crippen LogP contribution in [0.15, 0.2) is 24.4 Å². The number of rotatable bonds is 0. The Hall–Kier alpha value is -2.50. The molecule has 2 aromatic rings. The van der Waals surface area contributed by atoms with Crippen LogP contribution in [0.5, 0.6) is 5.75 Å². The van der Waals surface area contributed by atoms with Gasteiger partial charge in [-0.1, -0.05) is 0 Å². The second-order valence-corrected chi connectivity index (χ2v) is 4.67. The summed E-state index contributed by atoms with van der Waals surface area (Å²) in [4.78, 5) is 13.4. The Morgan fingerprint density at radius 1 is 1.47 bits per heavy atom. The first kappa shape index (κ1) is 11.6. The van der Waals surface area contributed by atoms with Crippen LogP contribution in [0.3, 0.4) is 0 Å². The van der Waals surface area contributed by atoms with E-state index in [1.165, 1.54) is 9.58 Å². The number of hydrogen-bond acceptors (Lipinski definition) is 4. The minimum atomic E-state index is -0.195. The van der Waals surface area contributed by atoms with Gasteiger partial charge in [-0.05, 0) is 18.2 Å². The summed E-state index contributed by atoms with van der Waals surface area (Å²) in [7, 11) is 3.37. The summed E-state index contributed by atoms with van der Waals surface area (Å²) in [6.45, 7) is 0.410. The zero-order valence-corrected chi connectivity index (χ0v) is 10.8. The Labute approximate surface area is 110 Å². The lowest BCUT2D eigenvalue weighted by Gasteiger charge is -2.16. The molecular weight excluding hydrogens is 244 g/mol. The second kappa shape index (κ2) is 4.01. The van der Waals surface area contributed by atoms with E-state index in [0.717, 1.165) is 22.6 Å². The van der Waals surface area contributed by atoms with Crippen molar-refractivity contribution in [1.29, 1.82) is 0 Å². The molecule has 0 saturated heterocycles. The molecule has 0 aliphatic carbocycles. The number of anilines is 1. The molecule has 0 fully saturated rings. The van der Waals surface area contributed by atoms with Gasteiger partial charge in [-0.25, -0.2) is 4.79 Å². The van der Waals surface area contributed by atoms with Gasteiger partial charge in [0.25, 0.3) is 0 Å². The maximum absolute atomic E-state index is 11.9. The van der Waals surface area contributed by atoms with Crippen molar-refractivity contribution in [3.8, 4) is 17.0 Å². The Balaban J connectivity index is 2.11. The highest BCUT2D eigenvalue weighted by atomic mass is 16.5. The number of carbonyl (C=O) groups excluding carboxylic acids is 1. The molecule has 19 heavy (non-hydrogen) atoms. The van der Waals surface area contributed by atoms with Gasteiger partial charge in [-0.15, -0.1) is 0 Å². The van der Waals surface area contributed by atoms with E-state index in [2.05, 4.69) is 5.10 Å². The summed E-state index contributed by atoms with van der Waals surface area (Å²) in [6.07, 6.45) is 1.70. The Kier molecular flexibility index (Phi) is 2.45. The molecule has 0 radical (unpaired) electrons. The first-order valence-corrected chi connectivity index (χ1v) is 5.89. The zero-order valence-electron chi connectivity index (χ0n) is 10.8. The van der Waals surface area contributed by atoms with Crippen molar-refractivity contribution < 1.29 is 9.53 Å². The molecular formula is C13H14N4O2. The number of benzene rings is 1. The number of hydrogen-bond donors (Lipinski definition) is 1. The minimum Gasteiger partial charge on any atom is -0.488 e. The molecule has 6 nitrogen and oxygen atoms in total. The van der Waals surface area contributed by atoms with Gasteiger partial charge in [0.1, 0.15) is 18.1 Å². The van der Waals surface area contributed by atoms with Gasteiger partial charge < -0.3 is 15.4 Å². The van der Waals surface area contributed by atoms with Gasteiger partial charge in [0.05, 0.1) is 0 Å². The second-order valence-electron chi connectivity index (χ2n) is 4.67. The zero-order chi connectivity index (χ0) is 13.6. The number of amides is 1. The van der Waals surface area contributed by atoms with E-state index >= 15 is 0 Å². The molecule has 2 N–H and O–H groups in total. The molecule has 0 unspecified atom stereocenters. The molecule has 2 heterocycles. The average Bonchev–Trinajstić information content (AvgIpc) is 2.81. The molecule has 98 valence electrons. The number of nitrogens with two attached hydrogens (primary N) is 1. The average molecular weight is 258 g/mol. The van der Waals surface area contributed by atoms with E-state index in [1.807, 2.05) is 12.1 Å². The van der Waals surface area contributed by atoms with Crippen LogP contribution in [0.2, 0.25) is 0 Å². The number of fused-ring (bicyclic) bond motifs is 3. The summed E-state index contributed by atoms with van der Waals surface area (Å²) >= 11 is 0. The van der Waals surface area contributed by atoms with Gasteiger partial charge in [0, 0.05) is 37.1 Å². The van der Waals surface area contributed by atoms with Crippen LogP contribution < -0.4 is 10.5 Å². The number of carbonyl (C=O) groups is 1. The fraction of sp³-hybridized carbons (Fsp3) is 0.231. The summed E-state index contributed by atoms with van der Waals surface area (Å²) in [6, 6.07) is 5.22. The van der Waals surface area contributed by atoms with Crippen LogP contribution in [0.25, 0.3) is 11.3 Å². The van der Waals surface area contributed by atoms with Crippen molar-refractivity contribution >= 4 is 11.7 Å². The number of aromatic nitrogens is 2. The molecule has 1 amide bonds. The van der Waals surface area contributed by atoms with Crippen molar-refractivity contribution in [2.75, 3.05) is 19.8 Å². The van der Waals surface area contributed by atoms with Crippen molar-refractivity contribution in [2.24, 2.45) is 0 Å². The van der Waals surface area contributed by atoms with Crippen LogP contribution in [0, 0.1) is 0 Å². The molecule has 0 spiro atoms. The highest BCUT2D eigenvalue weighted by molar-refractivity contribution is 5.79. The van der Waals surface area contributed by atoms with Gasteiger partial charge in [-0.2, -0.15) is 9.78 Å². The highest BCUT2D eigenvalue weighted by Crippen LogP contribution is 2.37. The SMILES string of the molecule is CN(C)C(=O)n1cc2c(n1)-c1cc(N)ccc1OC2. The largest absolute Gasteiger partial charge is 0.488 e. The highest BCUT2D eigenvalue weighted by Gasteiger charge is 2.23. The molecule has 3 rings (SSSR count). The smallest absolute Gasteiger partial charge is 0.344 e. The summed E-state index contributed by atoms with van der Waals surface area (Å²) < 4.78 is 6.95. The third-order valence-electron chi connectivity index (χ3n) is 3.01. The Morgan fingerprint density at radius 3 is 3.00 bits per heavy atom. The van der Waals surface area contributed by atoms with Crippen molar-refractivity contribution in [3.63, 3.8) is 0 Å². The van der Waals surface area contributed by atoms with E-state index in [9.17, 15) is 4.79 Å². The van der Waals surface area contributed by atoms with E-state index in [4.69, 9.17) is 10.5 Å². The Morgan fingerprint density at radius 2 is 2.26 bits per heavy atom. The van der Waals surface area contributed by atoms with Crippen molar-refractivity contribution in [2.45, 2.75) is 6.61 Å². The molecule has 1 aromatic carbocycles. The molecule has 6 heteroatoms.